The summed E-state index contributed by atoms with van der Waals surface area (Å²) in [4.78, 5) is 0. The Bertz CT molecular complexity index is 362. The Morgan fingerprint density at radius 3 is 2.50 bits per heavy atom. The van der Waals surface area contributed by atoms with Gasteiger partial charge in [-0.2, -0.15) is 17.0 Å². The van der Waals surface area contributed by atoms with Crippen LogP contribution >= 0.6 is 0 Å². The van der Waals surface area contributed by atoms with Crippen LogP contribution in [0.1, 0.15) is 33.6 Å². The quantitative estimate of drug-likeness (QED) is 0.831. The van der Waals surface area contributed by atoms with Crippen molar-refractivity contribution in [3.05, 3.63) is 0 Å². The maximum atomic E-state index is 12.4. The van der Waals surface area contributed by atoms with Crippen LogP contribution < -0.4 is 0 Å². The van der Waals surface area contributed by atoms with Crippen LogP contribution in [-0.4, -0.2) is 55.4 Å². The van der Waals surface area contributed by atoms with Gasteiger partial charge >= 0.3 is 0 Å². The summed E-state index contributed by atoms with van der Waals surface area (Å²) >= 11 is 0. The third-order valence-corrected chi connectivity index (χ3v) is 5.06. The fourth-order valence-corrected chi connectivity index (χ4v) is 4.04. The van der Waals surface area contributed by atoms with E-state index < -0.39 is 10.2 Å². The van der Waals surface area contributed by atoms with Gasteiger partial charge in [0, 0.05) is 33.3 Å². The Morgan fingerprint density at radius 1 is 1.39 bits per heavy atom. The summed E-state index contributed by atoms with van der Waals surface area (Å²) < 4.78 is 27.7. The predicted octanol–water partition coefficient (Wildman–Crippen LogP) is 0.913. The van der Waals surface area contributed by atoms with Gasteiger partial charge in [0.2, 0.25) is 0 Å². The van der Waals surface area contributed by atoms with Crippen LogP contribution in [0.4, 0.5) is 0 Å². The molecule has 0 aromatic rings. The molecule has 1 aliphatic rings. The van der Waals surface area contributed by atoms with Crippen LogP contribution in [0.3, 0.4) is 0 Å². The lowest BCUT2D eigenvalue weighted by atomic mass is 9.97. The van der Waals surface area contributed by atoms with Crippen molar-refractivity contribution in [3.8, 4) is 0 Å². The van der Waals surface area contributed by atoms with E-state index in [9.17, 15) is 8.42 Å². The number of hydrogen-bond acceptors (Lipinski definition) is 3. The monoisotopic (exact) mass is 278 g/mol. The first kappa shape index (κ1) is 15.9. The van der Waals surface area contributed by atoms with Crippen LogP contribution in [0.2, 0.25) is 0 Å². The molecule has 1 fully saturated rings. The van der Waals surface area contributed by atoms with Gasteiger partial charge in [0.05, 0.1) is 0 Å². The van der Waals surface area contributed by atoms with Gasteiger partial charge in [-0.15, -0.1) is 0 Å². The lowest BCUT2D eigenvalue weighted by Crippen LogP contribution is -2.48. The van der Waals surface area contributed by atoms with E-state index in [-0.39, 0.29) is 17.9 Å². The molecule has 1 rings (SSSR count). The van der Waals surface area contributed by atoms with Crippen molar-refractivity contribution in [3.63, 3.8) is 0 Å². The van der Waals surface area contributed by atoms with Gasteiger partial charge in [-0.3, -0.25) is 0 Å². The van der Waals surface area contributed by atoms with E-state index in [0.29, 0.717) is 19.6 Å². The Morgan fingerprint density at radius 2 is 2.00 bits per heavy atom. The Kier molecular flexibility index (Phi) is 5.17. The van der Waals surface area contributed by atoms with Crippen molar-refractivity contribution in [1.82, 2.24) is 8.61 Å². The molecule has 0 bridgehead atoms. The van der Waals surface area contributed by atoms with Gasteiger partial charge in [-0.05, 0) is 24.2 Å². The zero-order chi connectivity index (χ0) is 14.0. The normalized spacial score (nSPS) is 23.6. The van der Waals surface area contributed by atoms with E-state index in [1.165, 1.54) is 8.61 Å². The summed E-state index contributed by atoms with van der Waals surface area (Å²) in [5, 5.41) is 9.16. The summed E-state index contributed by atoms with van der Waals surface area (Å²) in [6.45, 7) is 7.62. The minimum atomic E-state index is -3.38. The highest BCUT2D eigenvalue weighted by Crippen LogP contribution is 2.22. The molecule has 0 saturated carbocycles. The molecule has 1 saturated heterocycles. The van der Waals surface area contributed by atoms with Gasteiger partial charge in [-0.1, -0.05) is 20.8 Å². The standard InChI is InChI=1S/C12H26N2O3S/c1-12(2,3)10-13(4)18(16,17)14-7-5-6-11(8-14)9-15/h11,15H,5-10H2,1-4H3. The highest BCUT2D eigenvalue weighted by Gasteiger charge is 2.33. The minimum Gasteiger partial charge on any atom is -0.396 e. The molecule has 5 nitrogen and oxygen atoms in total. The van der Waals surface area contributed by atoms with Crippen LogP contribution in [0.15, 0.2) is 0 Å². The zero-order valence-electron chi connectivity index (χ0n) is 11.9. The van der Waals surface area contributed by atoms with Crippen molar-refractivity contribution < 1.29 is 13.5 Å². The molecule has 6 heteroatoms. The fraction of sp³-hybridized carbons (Fsp3) is 1.00. The molecule has 0 aromatic heterocycles. The van der Waals surface area contributed by atoms with Gasteiger partial charge in [0.15, 0.2) is 0 Å². The minimum absolute atomic E-state index is 0.0615. The number of rotatable bonds is 4. The first-order valence-electron chi connectivity index (χ1n) is 6.49. The van der Waals surface area contributed by atoms with E-state index >= 15 is 0 Å². The first-order chi connectivity index (χ1) is 8.16. The molecule has 108 valence electrons. The summed E-state index contributed by atoms with van der Waals surface area (Å²) in [6, 6.07) is 0. The second-order valence-corrected chi connectivity index (χ2v) is 8.41. The molecule has 1 unspecified atom stereocenters. The molecule has 0 amide bonds. The first-order valence-corrected chi connectivity index (χ1v) is 7.89. The summed E-state index contributed by atoms with van der Waals surface area (Å²) in [5.41, 5.74) is -0.0615. The van der Waals surface area contributed by atoms with Crippen molar-refractivity contribution in [2.45, 2.75) is 33.6 Å². The number of aliphatic hydroxyl groups is 1. The van der Waals surface area contributed by atoms with Crippen molar-refractivity contribution >= 4 is 10.2 Å². The summed E-state index contributed by atoms with van der Waals surface area (Å²) in [6.07, 6.45) is 1.74. The third-order valence-electron chi connectivity index (χ3n) is 3.16. The van der Waals surface area contributed by atoms with Crippen LogP contribution in [0.5, 0.6) is 0 Å². The molecular weight excluding hydrogens is 252 g/mol. The lowest BCUT2D eigenvalue weighted by molar-refractivity contribution is 0.160. The topological polar surface area (TPSA) is 60.9 Å². The van der Waals surface area contributed by atoms with E-state index in [0.717, 1.165) is 12.8 Å². The number of nitrogens with zero attached hydrogens (tertiary/aromatic N) is 2. The average molecular weight is 278 g/mol. The van der Waals surface area contributed by atoms with Gasteiger partial charge in [-0.25, -0.2) is 0 Å². The maximum Gasteiger partial charge on any atom is 0.281 e. The average Bonchev–Trinajstić information content (AvgIpc) is 2.27. The number of aliphatic hydroxyl groups excluding tert-OH is 1. The van der Waals surface area contributed by atoms with Gasteiger partial charge in [0.1, 0.15) is 0 Å². The van der Waals surface area contributed by atoms with Crippen LogP contribution in [-0.2, 0) is 10.2 Å². The molecule has 1 atom stereocenters. The molecule has 0 radical (unpaired) electrons. The van der Waals surface area contributed by atoms with Crippen molar-refractivity contribution in [2.75, 3.05) is 33.3 Å². The fourth-order valence-electron chi connectivity index (χ4n) is 2.33. The SMILES string of the molecule is CN(CC(C)(C)C)S(=O)(=O)N1CCCC(CO)C1. The highest BCUT2D eigenvalue weighted by atomic mass is 32.2. The summed E-state index contributed by atoms with van der Waals surface area (Å²) in [5.74, 6) is 0.0801. The molecule has 1 aliphatic heterocycles. The van der Waals surface area contributed by atoms with Crippen LogP contribution in [0.25, 0.3) is 0 Å². The van der Waals surface area contributed by atoms with Crippen molar-refractivity contribution in [1.29, 1.82) is 0 Å². The smallest absolute Gasteiger partial charge is 0.281 e. The van der Waals surface area contributed by atoms with E-state index in [1.807, 2.05) is 20.8 Å². The van der Waals surface area contributed by atoms with E-state index in [4.69, 9.17) is 5.11 Å². The predicted molar refractivity (Wildman–Crippen MR) is 72.4 cm³/mol. The molecule has 1 N–H and O–H groups in total. The zero-order valence-corrected chi connectivity index (χ0v) is 12.7. The Labute approximate surface area is 111 Å². The number of piperidine rings is 1. The van der Waals surface area contributed by atoms with Gasteiger partial charge < -0.3 is 5.11 Å². The highest BCUT2D eigenvalue weighted by molar-refractivity contribution is 7.86. The molecule has 0 spiro atoms. The third kappa shape index (κ3) is 4.19. The molecule has 1 heterocycles. The molecule has 18 heavy (non-hydrogen) atoms. The second-order valence-electron chi connectivity index (χ2n) is 6.37. The summed E-state index contributed by atoms with van der Waals surface area (Å²) in [7, 11) is -1.75. The Balaban J connectivity index is 2.73. The second kappa shape index (κ2) is 5.86. The van der Waals surface area contributed by atoms with Crippen molar-refractivity contribution in [2.24, 2.45) is 11.3 Å². The lowest BCUT2D eigenvalue weighted by Gasteiger charge is -2.35. The molecular formula is C12H26N2O3S. The van der Waals surface area contributed by atoms with Crippen LogP contribution in [0, 0.1) is 11.3 Å². The Hall–Kier alpha value is -0.170. The largest absolute Gasteiger partial charge is 0.396 e. The maximum absolute atomic E-state index is 12.4. The van der Waals surface area contributed by atoms with Gasteiger partial charge in [0.25, 0.3) is 10.2 Å². The van der Waals surface area contributed by atoms with E-state index in [2.05, 4.69) is 0 Å². The molecule has 0 aliphatic carbocycles. The van der Waals surface area contributed by atoms with E-state index in [1.54, 1.807) is 7.05 Å². The number of hydrogen-bond donors (Lipinski definition) is 1. The molecule has 0 aromatic carbocycles.